The number of aliphatic hydroxyl groups is 1. The van der Waals surface area contributed by atoms with E-state index < -0.39 is 0 Å². The molecule has 2 rings (SSSR count). The van der Waals surface area contributed by atoms with E-state index in [0.717, 1.165) is 44.6 Å². The summed E-state index contributed by atoms with van der Waals surface area (Å²) in [6, 6.07) is 5.13. The molecule has 2 N–H and O–H groups in total. The third-order valence-electron chi connectivity index (χ3n) is 3.56. The lowest BCUT2D eigenvalue weighted by Crippen LogP contribution is -2.45. The van der Waals surface area contributed by atoms with Gasteiger partial charge in [0.15, 0.2) is 0 Å². The molecule has 6 heteroatoms. The fraction of sp³-hybridized carbons (Fsp3) is 0.571. The molecule has 114 valence electrons. The Kier molecular flexibility index (Phi) is 7.77. The van der Waals surface area contributed by atoms with Gasteiger partial charge in [0.1, 0.15) is 5.82 Å². The zero-order valence-corrected chi connectivity index (χ0v) is 12.9. The maximum Gasteiger partial charge on any atom is 0.141 e. The topological polar surface area (TPSA) is 35.5 Å². The van der Waals surface area contributed by atoms with E-state index in [1.54, 1.807) is 12.1 Å². The van der Waals surface area contributed by atoms with Gasteiger partial charge in [-0.25, -0.2) is 4.39 Å². The molecule has 20 heavy (non-hydrogen) atoms. The first-order valence-corrected chi connectivity index (χ1v) is 7.10. The van der Waals surface area contributed by atoms with Crippen molar-refractivity contribution in [3.8, 4) is 0 Å². The lowest BCUT2D eigenvalue weighted by Gasteiger charge is -2.35. The predicted octanol–water partition coefficient (Wildman–Crippen LogP) is 2.62. The van der Waals surface area contributed by atoms with Crippen molar-refractivity contribution in [3.05, 3.63) is 34.6 Å². The highest BCUT2D eigenvalue weighted by molar-refractivity contribution is 6.30. The number of halogens is 3. The van der Waals surface area contributed by atoms with E-state index in [4.69, 9.17) is 16.7 Å². The van der Waals surface area contributed by atoms with Crippen molar-refractivity contribution in [2.24, 2.45) is 0 Å². The summed E-state index contributed by atoms with van der Waals surface area (Å²) in [6.45, 7) is 4.03. The van der Waals surface area contributed by atoms with Crippen molar-refractivity contribution in [2.45, 2.75) is 18.9 Å². The summed E-state index contributed by atoms with van der Waals surface area (Å²) in [5.41, 5.74) is 1.03. The van der Waals surface area contributed by atoms with Gasteiger partial charge in [-0.05, 0) is 30.5 Å². The van der Waals surface area contributed by atoms with Crippen molar-refractivity contribution in [1.82, 2.24) is 10.2 Å². The molecule has 1 aromatic rings. The SMILES string of the molecule is Cl.OCCC[C@H](c1ccc(F)c(Cl)c1)N1CCNCC1. The van der Waals surface area contributed by atoms with Gasteiger partial charge in [-0.15, -0.1) is 12.4 Å². The number of benzene rings is 1. The molecule has 1 fully saturated rings. The van der Waals surface area contributed by atoms with E-state index in [2.05, 4.69) is 10.2 Å². The van der Waals surface area contributed by atoms with Crippen molar-refractivity contribution in [2.75, 3.05) is 32.8 Å². The smallest absolute Gasteiger partial charge is 0.141 e. The number of rotatable bonds is 5. The lowest BCUT2D eigenvalue weighted by molar-refractivity contribution is 0.154. The summed E-state index contributed by atoms with van der Waals surface area (Å²) in [5, 5.41) is 12.5. The van der Waals surface area contributed by atoms with E-state index in [-0.39, 0.29) is 35.9 Å². The highest BCUT2D eigenvalue weighted by Gasteiger charge is 2.22. The van der Waals surface area contributed by atoms with Crippen LogP contribution < -0.4 is 5.32 Å². The fourth-order valence-electron chi connectivity index (χ4n) is 2.56. The highest BCUT2D eigenvalue weighted by Crippen LogP contribution is 2.29. The quantitative estimate of drug-likeness (QED) is 0.874. The normalized spacial score (nSPS) is 17.6. The van der Waals surface area contributed by atoms with Gasteiger partial charge in [0.05, 0.1) is 5.02 Å². The Balaban J connectivity index is 0.00000200. The Labute approximate surface area is 130 Å². The van der Waals surface area contributed by atoms with Gasteiger partial charge >= 0.3 is 0 Å². The van der Waals surface area contributed by atoms with Crippen molar-refractivity contribution < 1.29 is 9.50 Å². The van der Waals surface area contributed by atoms with E-state index in [1.165, 1.54) is 6.07 Å². The van der Waals surface area contributed by atoms with Crippen LogP contribution in [0.25, 0.3) is 0 Å². The van der Waals surface area contributed by atoms with E-state index >= 15 is 0 Å². The first-order valence-electron chi connectivity index (χ1n) is 6.73. The number of hydrogen-bond donors (Lipinski definition) is 2. The van der Waals surface area contributed by atoms with Crippen LogP contribution in [0.5, 0.6) is 0 Å². The van der Waals surface area contributed by atoms with E-state index in [9.17, 15) is 4.39 Å². The molecule has 1 saturated heterocycles. The fourth-order valence-corrected chi connectivity index (χ4v) is 2.75. The lowest BCUT2D eigenvalue weighted by atomic mass is 9.99. The third kappa shape index (κ3) is 4.57. The van der Waals surface area contributed by atoms with Crippen LogP contribution in [-0.4, -0.2) is 42.8 Å². The molecule has 1 aliphatic heterocycles. The van der Waals surface area contributed by atoms with Gasteiger partial charge in [0.25, 0.3) is 0 Å². The number of aliphatic hydroxyl groups excluding tert-OH is 1. The molecule has 1 heterocycles. The average Bonchev–Trinajstić information content (AvgIpc) is 2.44. The molecule has 0 bridgehead atoms. The van der Waals surface area contributed by atoms with Crippen LogP contribution >= 0.6 is 24.0 Å². The van der Waals surface area contributed by atoms with Gasteiger partial charge in [0, 0.05) is 38.8 Å². The summed E-state index contributed by atoms with van der Waals surface area (Å²) in [6.07, 6.45) is 1.60. The van der Waals surface area contributed by atoms with Crippen LogP contribution in [0.4, 0.5) is 4.39 Å². The number of nitrogens with one attached hydrogen (secondary N) is 1. The number of piperazine rings is 1. The molecule has 3 nitrogen and oxygen atoms in total. The predicted molar refractivity (Wildman–Crippen MR) is 82.2 cm³/mol. The van der Waals surface area contributed by atoms with Gasteiger partial charge in [-0.2, -0.15) is 0 Å². The molecule has 0 radical (unpaired) electrons. The molecule has 1 atom stereocenters. The summed E-state index contributed by atoms with van der Waals surface area (Å²) in [4.78, 5) is 2.37. The molecular formula is C14H21Cl2FN2O. The van der Waals surface area contributed by atoms with Crippen LogP contribution in [0.15, 0.2) is 18.2 Å². The Morgan fingerprint density at radius 2 is 2.05 bits per heavy atom. The molecule has 0 unspecified atom stereocenters. The standard InChI is InChI=1S/C14H20ClFN2O.ClH/c15-12-10-11(3-4-13(12)16)14(2-1-9-19)18-7-5-17-6-8-18;/h3-4,10,14,17,19H,1-2,5-9H2;1H/t14-;/m1./s1. The van der Waals surface area contributed by atoms with E-state index in [0.29, 0.717) is 0 Å². The second-order valence-electron chi connectivity index (χ2n) is 4.84. The number of nitrogens with zero attached hydrogens (tertiary/aromatic N) is 1. The highest BCUT2D eigenvalue weighted by atomic mass is 35.5. The monoisotopic (exact) mass is 322 g/mol. The zero-order chi connectivity index (χ0) is 13.7. The van der Waals surface area contributed by atoms with Crippen molar-refractivity contribution in [1.29, 1.82) is 0 Å². The number of hydrogen-bond acceptors (Lipinski definition) is 3. The molecular weight excluding hydrogens is 302 g/mol. The van der Waals surface area contributed by atoms with Crippen molar-refractivity contribution in [3.63, 3.8) is 0 Å². The zero-order valence-electron chi connectivity index (χ0n) is 11.3. The van der Waals surface area contributed by atoms with Gasteiger partial charge in [-0.3, -0.25) is 4.90 Å². The maximum absolute atomic E-state index is 13.3. The summed E-state index contributed by atoms with van der Waals surface area (Å²) >= 11 is 5.88. The molecule has 0 saturated carbocycles. The molecule has 0 amide bonds. The molecule has 1 aromatic carbocycles. The van der Waals surface area contributed by atoms with Crippen LogP contribution in [0.3, 0.4) is 0 Å². The van der Waals surface area contributed by atoms with Gasteiger partial charge < -0.3 is 10.4 Å². The second-order valence-corrected chi connectivity index (χ2v) is 5.25. The second kappa shape index (κ2) is 8.80. The molecule has 1 aliphatic rings. The van der Waals surface area contributed by atoms with Crippen LogP contribution in [0, 0.1) is 5.82 Å². The average molecular weight is 323 g/mol. The van der Waals surface area contributed by atoms with Crippen LogP contribution in [0.2, 0.25) is 5.02 Å². The van der Waals surface area contributed by atoms with Crippen LogP contribution in [0.1, 0.15) is 24.4 Å². The maximum atomic E-state index is 13.3. The minimum atomic E-state index is -0.383. The first kappa shape index (κ1) is 17.7. The Morgan fingerprint density at radius 3 is 2.65 bits per heavy atom. The Bertz CT molecular complexity index is 414. The van der Waals surface area contributed by atoms with Gasteiger partial charge in [0.2, 0.25) is 0 Å². The van der Waals surface area contributed by atoms with Gasteiger partial charge in [-0.1, -0.05) is 17.7 Å². The largest absolute Gasteiger partial charge is 0.396 e. The summed E-state index contributed by atoms with van der Waals surface area (Å²) < 4.78 is 13.3. The minimum Gasteiger partial charge on any atom is -0.396 e. The first-order chi connectivity index (χ1) is 9.22. The Hall–Kier alpha value is -0.390. The summed E-state index contributed by atoms with van der Waals surface area (Å²) in [7, 11) is 0. The van der Waals surface area contributed by atoms with Crippen molar-refractivity contribution >= 4 is 24.0 Å². The Morgan fingerprint density at radius 1 is 1.35 bits per heavy atom. The molecule has 0 spiro atoms. The third-order valence-corrected chi connectivity index (χ3v) is 3.85. The summed E-state index contributed by atoms with van der Waals surface area (Å²) in [5.74, 6) is -0.383. The van der Waals surface area contributed by atoms with Crippen LogP contribution in [-0.2, 0) is 0 Å². The molecule has 0 aliphatic carbocycles. The minimum absolute atomic E-state index is 0. The van der Waals surface area contributed by atoms with E-state index in [1.807, 2.05) is 0 Å². The molecule has 0 aromatic heterocycles.